The summed E-state index contributed by atoms with van der Waals surface area (Å²) in [5, 5.41) is 0. The first kappa shape index (κ1) is 21.2. The highest BCUT2D eigenvalue weighted by atomic mass is 32.2. The van der Waals surface area contributed by atoms with E-state index in [0.29, 0.717) is 0 Å². The first-order chi connectivity index (χ1) is 14.5. The summed E-state index contributed by atoms with van der Waals surface area (Å²) in [4.78, 5) is 0.195. The molecule has 5 heteroatoms. The summed E-state index contributed by atoms with van der Waals surface area (Å²) in [6.45, 7) is 1.91. The van der Waals surface area contributed by atoms with Crippen LogP contribution in [-0.4, -0.2) is 15.5 Å². The molecule has 1 atom stereocenters. The third kappa shape index (κ3) is 5.75. The van der Waals surface area contributed by atoms with Crippen LogP contribution >= 0.6 is 0 Å². The Labute approximate surface area is 178 Å². The van der Waals surface area contributed by atoms with Gasteiger partial charge < -0.3 is 4.74 Å². The van der Waals surface area contributed by atoms with Crippen molar-refractivity contribution >= 4 is 10.0 Å². The summed E-state index contributed by atoms with van der Waals surface area (Å²) in [5.74, 6) is 12.2. The van der Waals surface area contributed by atoms with Crippen molar-refractivity contribution in [1.82, 2.24) is 4.72 Å². The van der Waals surface area contributed by atoms with Crippen molar-refractivity contribution in [2.75, 3.05) is 7.11 Å². The third-order valence-electron chi connectivity index (χ3n) is 4.31. The number of sulfonamides is 1. The maximum atomic E-state index is 12.8. The van der Waals surface area contributed by atoms with Gasteiger partial charge in [-0.25, -0.2) is 8.42 Å². The van der Waals surface area contributed by atoms with Crippen LogP contribution in [0.5, 0.6) is 5.75 Å². The van der Waals surface area contributed by atoms with Crippen LogP contribution in [0.3, 0.4) is 0 Å². The van der Waals surface area contributed by atoms with Crippen molar-refractivity contribution in [2.24, 2.45) is 0 Å². The second kappa shape index (κ2) is 9.80. The number of methoxy groups -OCH3 is 1. The molecule has 30 heavy (non-hydrogen) atoms. The molecule has 150 valence electrons. The van der Waals surface area contributed by atoms with Gasteiger partial charge in [-0.15, -0.1) is 0 Å². The molecule has 0 aliphatic carbocycles. The Morgan fingerprint density at radius 1 is 0.867 bits per heavy atom. The smallest absolute Gasteiger partial charge is 0.241 e. The number of hydrogen-bond acceptors (Lipinski definition) is 3. The van der Waals surface area contributed by atoms with Crippen LogP contribution in [0.1, 0.15) is 22.7 Å². The summed E-state index contributed by atoms with van der Waals surface area (Å²) in [5.41, 5.74) is 2.52. The summed E-state index contributed by atoms with van der Waals surface area (Å²) in [6, 6.07) is 22.5. The fourth-order valence-electron chi connectivity index (χ4n) is 2.65. The first-order valence-electron chi connectivity index (χ1n) is 9.27. The predicted octanol–water partition coefficient (Wildman–Crippen LogP) is 4.08. The van der Waals surface area contributed by atoms with E-state index >= 15 is 0 Å². The van der Waals surface area contributed by atoms with Crippen molar-refractivity contribution in [2.45, 2.75) is 17.9 Å². The lowest BCUT2D eigenvalue weighted by Gasteiger charge is -2.14. The van der Waals surface area contributed by atoms with Gasteiger partial charge in [0.2, 0.25) is 10.0 Å². The summed E-state index contributed by atoms with van der Waals surface area (Å²) >= 11 is 0. The van der Waals surface area contributed by atoms with E-state index in [-0.39, 0.29) is 4.90 Å². The average molecular weight is 416 g/mol. The van der Waals surface area contributed by atoms with E-state index < -0.39 is 16.1 Å². The summed E-state index contributed by atoms with van der Waals surface area (Å²) in [7, 11) is -2.13. The number of hydrogen-bond donors (Lipinski definition) is 1. The topological polar surface area (TPSA) is 55.4 Å². The van der Waals surface area contributed by atoms with Crippen LogP contribution in [0.4, 0.5) is 0 Å². The molecule has 0 heterocycles. The fraction of sp³-hybridized carbons (Fsp3) is 0.120. The monoisotopic (exact) mass is 415 g/mol. The molecule has 0 aliphatic rings. The zero-order valence-electron chi connectivity index (χ0n) is 16.7. The zero-order chi connectivity index (χ0) is 21.4. The molecule has 3 rings (SSSR count). The highest BCUT2D eigenvalue weighted by Gasteiger charge is 2.19. The number of aryl methyl sites for hydroxylation is 1. The fourth-order valence-corrected chi connectivity index (χ4v) is 3.79. The maximum absolute atomic E-state index is 12.8. The predicted molar refractivity (Wildman–Crippen MR) is 118 cm³/mol. The van der Waals surface area contributed by atoms with Crippen LogP contribution in [0.15, 0.2) is 83.8 Å². The second-order valence-electron chi connectivity index (χ2n) is 6.53. The largest absolute Gasteiger partial charge is 0.497 e. The molecule has 0 unspecified atom stereocenters. The van der Waals surface area contributed by atoms with Crippen LogP contribution < -0.4 is 9.46 Å². The minimum Gasteiger partial charge on any atom is -0.497 e. The van der Waals surface area contributed by atoms with E-state index in [1.54, 1.807) is 31.4 Å². The molecule has 0 aromatic heterocycles. The number of benzene rings is 3. The lowest BCUT2D eigenvalue weighted by molar-refractivity contribution is 0.415. The van der Waals surface area contributed by atoms with Gasteiger partial charge in [-0.2, -0.15) is 4.72 Å². The molecule has 0 amide bonds. The third-order valence-corrected chi connectivity index (χ3v) is 5.75. The Morgan fingerprint density at radius 3 is 2.17 bits per heavy atom. The Hall–Kier alpha value is -3.51. The highest BCUT2D eigenvalue weighted by molar-refractivity contribution is 7.89. The SMILES string of the molecule is COc1ccc(C#CC#C[C@@H](NS(=O)(=O)c2ccc(C)cc2)c2ccccc2)cc1. The molecule has 0 radical (unpaired) electrons. The quantitative estimate of drug-likeness (QED) is 0.639. The van der Waals surface area contributed by atoms with Gasteiger partial charge in [0.1, 0.15) is 11.8 Å². The van der Waals surface area contributed by atoms with Crippen molar-refractivity contribution in [3.8, 4) is 29.4 Å². The van der Waals surface area contributed by atoms with Gasteiger partial charge in [-0.3, -0.25) is 0 Å². The Balaban J connectivity index is 1.85. The van der Waals surface area contributed by atoms with E-state index in [1.165, 1.54) is 0 Å². The van der Waals surface area contributed by atoms with Gasteiger partial charge in [-0.05, 0) is 60.7 Å². The van der Waals surface area contributed by atoms with Crippen molar-refractivity contribution in [1.29, 1.82) is 0 Å². The maximum Gasteiger partial charge on any atom is 0.241 e. The van der Waals surface area contributed by atoms with Crippen LogP contribution in [-0.2, 0) is 10.0 Å². The second-order valence-corrected chi connectivity index (χ2v) is 8.24. The molecule has 4 nitrogen and oxygen atoms in total. The minimum atomic E-state index is -3.74. The number of ether oxygens (including phenoxy) is 1. The van der Waals surface area contributed by atoms with E-state index in [1.807, 2.05) is 61.5 Å². The van der Waals surface area contributed by atoms with Gasteiger partial charge in [0.15, 0.2) is 0 Å². The molecule has 1 N–H and O–H groups in total. The van der Waals surface area contributed by atoms with Gasteiger partial charge >= 0.3 is 0 Å². The zero-order valence-corrected chi connectivity index (χ0v) is 17.5. The van der Waals surface area contributed by atoms with Crippen LogP contribution in [0.25, 0.3) is 0 Å². The van der Waals surface area contributed by atoms with Crippen molar-refractivity contribution in [3.05, 3.63) is 95.6 Å². The molecule has 0 saturated carbocycles. The molecular weight excluding hydrogens is 394 g/mol. The van der Waals surface area contributed by atoms with E-state index in [2.05, 4.69) is 28.4 Å². The molecule has 3 aromatic carbocycles. The summed E-state index contributed by atoms with van der Waals surface area (Å²) < 4.78 is 33.4. The number of rotatable bonds is 5. The normalized spacial score (nSPS) is 11.4. The molecule has 0 bridgehead atoms. The molecular formula is C25H21NO3S. The number of nitrogens with one attached hydrogen (secondary N) is 1. The molecule has 0 aliphatic heterocycles. The lowest BCUT2D eigenvalue weighted by Crippen LogP contribution is -2.27. The van der Waals surface area contributed by atoms with Crippen molar-refractivity contribution in [3.63, 3.8) is 0 Å². The average Bonchev–Trinajstić information content (AvgIpc) is 2.77. The van der Waals surface area contributed by atoms with Gasteiger partial charge in [0, 0.05) is 5.56 Å². The van der Waals surface area contributed by atoms with Gasteiger partial charge in [0.25, 0.3) is 0 Å². The Morgan fingerprint density at radius 2 is 1.53 bits per heavy atom. The molecule has 0 fully saturated rings. The minimum absolute atomic E-state index is 0.195. The first-order valence-corrected chi connectivity index (χ1v) is 10.8. The van der Waals surface area contributed by atoms with E-state index in [4.69, 9.17) is 4.74 Å². The lowest BCUT2D eigenvalue weighted by atomic mass is 10.1. The molecule has 0 saturated heterocycles. The van der Waals surface area contributed by atoms with Crippen LogP contribution in [0.2, 0.25) is 0 Å². The summed E-state index contributed by atoms with van der Waals surface area (Å²) in [6.07, 6.45) is 0. The van der Waals surface area contributed by atoms with Gasteiger partial charge in [0.05, 0.1) is 12.0 Å². The standard InChI is InChI=1S/C25H21NO3S/c1-20-12-18-24(19-13-20)30(27,28)26-25(22-9-4-3-5-10-22)11-7-6-8-21-14-16-23(29-2)17-15-21/h3-5,9-10,12-19,25-26H,1-2H3/t25-/m1/s1. The highest BCUT2D eigenvalue weighted by Crippen LogP contribution is 2.17. The van der Waals surface area contributed by atoms with E-state index in [0.717, 1.165) is 22.4 Å². The van der Waals surface area contributed by atoms with E-state index in [9.17, 15) is 8.42 Å². The molecule has 0 spiro atoms. The Bertz CT molecular complexity index is 1210. The Kier molecular flexibility index (Phi) is 6.93. The molecule has 3 aromatic rings. The van der Waals surface area contributed by atoms with Gasteiger partial charge in [-0.1, -0.05) is 59.9 Å². The van der Waals surface area contributed by atoms with Crippen molar-refractivity contribution < 1.29 is 13.2 Å². The van der Waals surface area contributed by atoms with Crippen LogP contribution in [0, 0.1) is 30.6 Å².